The molecule has 1 atom stereocenters. The van der Waals surface area contributed by atoms with Crippen molar-refractivity contribution in [2.24, 2.45) is 7.05 Å². The number of anilines is 1. The molecule has 0 radical (unpaired) electrons. The van der Waals surface area contributed by atoms with Crippen LogP contribution >= 0.6 is 35.6 Å². The van der Waals surface area contributed by atoms with Crippen LogP contribution in [-0.4, -0.2) is 47.7 Å². The molecule has 1 aromatic heterocycles. The molecule has 1 aliphatic rings. The molecule has 190 valence electrons. The van der Waals surface area contributed by atoms with Crippen LogP contribution in [0.25, 0.3) is 21.8 Å². The normalized spacial score (nSPS) is 15.2. The zero-order valence-electron chi connectivity index (χ0n) is 20.5. The number of fused-ring (bicyclic) bond motifs is 3. The van der Waals surface area contributed by atoms with Crippen LogP contribution in [0.15, 0.2) is 60.7 Å². The van der Waals surface area contributed by atoms with Crippen molar-refractivity contribution in [1.82, 2.24) is 14.8 Å². The summed E-state index contributed by atoms with van der Waals surface area (Å²) in [6.07, 6.45) is 1.89. The van der Waals surface area contributed by atoms with Crippen molar-refractivity contribution in [1.29, 1.82) is 0 Å². The Hall–Kier alpha value is -2.44. The van der Waals surface area contributed by atoms with Gasteiger partial charge in [-0.1, -0.05) is 66.9 Å². The van der Waals surface area contributed by atoms with E-state index in [1.54, 1.807) is 0 Å². The summed E-state index contributed by atoms with van der Waals surface area (Å²) in [6.45, 7) is 5.50. The summed E-state index contributed by atoms with van der Waals surface area (Å²) in [7, 11) is 2.05. The quantitative estimate of drug-likeness (QED) is 0.292. The molecule has 1 fully saturated rings. The first-order chi connectivity index (χ1) is 17.0. The Morgan fingerprint density at radius 2 is 1.67 bits per heavy atom. The number of benzene rings is 3. The van der Waals surface area contributed by atoms with Crippen LogP contribution in [0.2, 0.25) is 10.0 Å². The first-order valence-electron chi connectivity index (χ1n) is 12.2. The van der Waals surface area contributed by atoms with Crippen LogP contribution in [0, 0.1) is 0 Å². The van der Waals surface area contributed by atoms with E-state index in [0.29, 0.717) is 15.6 Å². The van der Waals surface area contributed by atoms with Gasteiger partial charge in [0.2, 0.25) is 0 Å². The van der Waals surface area contributed by atoms with Gasteiger partial charge in [0.25, 0.3) is 5.91 Å². The van der Waals surface area contributed by atoms with Crippen LogP contribution in [0.3, 0.4) is 0 Å². The summed E-state index contributed by atoms with van der Waals surface area (Å²) >= 11 is 12.7. The number of carbonyl (C=O) groups excluding carboxylic acids is 1. The molecule has 2 heterocycles. The molecule has 0 bridgehead atoms. The molecular weight excluding hydrogens is 515 g/mol. The van der Waals surface area contributed by atoms with Gasteiger partial charge < -0.3 is 14.8 Å². The SMILES string of the molecule is CCCC(NC(=O)c1ccc2c3ccccc3n(C)c2c1)N1CCN(c2cccc(Cl)c2Cl)CC1.Cl. The third-order valence-electron chi connectivity index (χ3n) is 7.06. The first-order valence-corrected chi connectivity index (χ1v) is 12.9. The number of piperazine rings is 1. The van der Waals surface area contributed by atoms with E-state index in [4.69, 9.17) is 23.2 Å². The Morgan fingerprint density at radius 1 is 0.944 bits per heavy atom. The van der Waals surface area contributed by atoms with Crippen molar-refractivity contribution < 1.29 is 4.79 Å². The van der Waals surface area contributed by atoms with Gasteiger partial charge >= 0.3 is 0 Å². The van der Waals surface area contributed by atoms with E-state index in [2.05, 4.69) is 57.9 Å². The van der Waals surface area contributed by atoms with Crippen LogP contribution in [0.1, 0.15) is 30.1 Å². The van der Waals surface area contributed by atoms with Crippen molar-refractivity contribution in [2.75, 3.05) is 31.1 Å². The lowest BCUT2D eigenvalue weighted by atomic mass is 10.1. The molecule has 5 rings (SSSR count). The number of halogens is 3. The smallest absolute Gasteiger partial charge is 0.252 e. The van der Waals surface area contributed by atoms with Gasteiger partial charge in [-0.3, -0.25) is 9.69 Å². The van der Waals surface area contributed by atoms with E-state index in [0.717, 1.165) is 50.2 Å². The second-order valence-electron chi connectivity index (χ2n) is 9.18. The molecular formula is C28H31Cl3N4O. The molecule has 1 amide bonds. The fraction of sp³-hybridized carbons (Fsp3) is 0.321. The zero-order valence-corrected chi connectivity index (χ0v) is 22.8. The maximum Gasteiger partial charge on any atom is 0.252 e. The average Bonchev–Trinajstić information content (AvgIpc) is 3.17. The van der Waals surface area contributed by atoms with Gasteiger partial charge in [-0.05, 0) is 36.8 Å². The zero-order chi connectivity index (χ0) is 24.5. The maximum absolute atomic E-state index is 13.3. The van der Waals surface area contributed by atoms with Gasteiger partial charge in [0, 0.05) is 60.6 Å². The van der Waals surface area contributed by atoms with Gasteiger partial charge in [0.1, 0.15) is 0 Å². The second kappa shape index (κ2) is 11.3. The number of nitrogens with one attached hydrogen (secondary N) is 1. The van der Waals surface area contributed by atoms with E-state index in [1.165, 1.54) is 16.3 Å². The minimum atomic E-state index is -0.0316. The van der Waals surface area contributed by atoms with E-state index in [-0.39, 0.29) is 24.5 Å². The highest BCUT2D eigenvalue weighted by molar-refractivity contribution is 6.43. The molecule has 36 heavy (non-hydrogen) atoms. The van der Waals surface area contributed by atoms with Crippen molar-refractivity contribution in [3.05, 3.63) is 76.3 Å². The van der Waals surface area contributed by atoms with Crippen LogP contribution in [0.5, 0.6) is 0 Å². The van der Waals surface area contributed by atoms with Crippen molar-refractivity contribution in [3.8, 4) is 0 Å². The number of hydrogen-bond acceptors (Lipinski definition) is 3. The summed E-state index contributed by atoms with van der Waals surface area (Å²) in [5, 5.41) is 6.86. The Kier molecular flexibility index (Phi) is 8.36. The Labute approximate surface area is 228 Å². The lowest BCUT2D eigenvalue weighted by Crippen LogP contribution is -2.56. The molecule has 5 nitrogen and oxygen atoms in total. The highest BCUT2D eigenvalue weighted by Gasteiger charge is 2.26. The highest BCUT2D eigenvalue weighted by Crippen LogP contribution is 2.33. The molecule has 0 spiro atoms. The van der Waals surface area contributed by atoms with Crippen LogP contribution < -0.4 is 10.2 Å². The number of rotatable bonds is 6. The second-order valence-corrected chi connectivity index (χ2v) is 9.97. The molecule has 1 N–H and O–H groups in total. The monoisotopic (exact) mass is 544 g/mol. The first kappa shape index (κ1) is 26.6. The predicted octanol–water partition coefficient (Wildman–Crippen LogP) is 6.74. The maximum atomic E-state index is 13.3. The highest BCUT2D eigenvalue weighted by atomic mass is 35.5. The number of nitrogens with zero attached hydrogens (tertiary/aromatic N) is 3. The van der Waals surface area contributed by atoms with Crippen molar-refractivity contribution in [2.45, 2.75) is 25.9 Å². The summed E-state index contributed by atoms with van der Waals surface area (Å²) < 4.78 is 2.16. The minimum absolute atomic E-state index is 0. The third-order valence-corrected chi connectivity index (χ3v) is 7.87. The predicted molar refractivity (Wildman–Crippen MR) is 154 cm³/mol. The van der Waals surface area contributed by atoms with Gasteiger partial charge in [0.05, 0.1) is 21.9 Å². The molecule has 1 unspecified atom stereocenters. The fourth-order valence-corrected chi connectivity index (χ4v) is 5.58. The van der Waals surface area contributed by atoms with Gasteiger partial charge in [-0.15, -0.1) is 12.4 Å². The van der Waals surface area contributed by atoms with E-state index in [1.807, 2.05) is 36.4 Å². The molecule has 1 aliphatic heterocycles. The number of para-hydroxylation sites is 1. The van der Waals surface area contributed by atoms with E-state index in [9.17, 15) is 4.79 Å². The number of amides is 1. The average molecular weight is 546 g/mol. The lowest BCUT2D eigenvalue weighted by Gasteiger charge is -2.40. The number of carbonyl (C=O) groups is 1. The van der Waals surface area contributed by atoms with E-state index >= 15 is 0 Å². The molecule has 0 saturated carbocycles. The Balaban J connectivity index is 0.00000304. The summed E-state index contributed by atoms with van der Waals surface area (Å²) in [6, 6.07) is 20.1. The largest absolute Gasteiger partial charge is 0.368 e. The number of hydrogen-bond donors (Lipinski definition) is 1. The van der Waals surface area contributed by atoms with E-state index < -0.39 is 0 Å². The van der Waals surface area contributed by atoms with Gasteiger partial charge in [-0.25, -0.2) is 0 Å². The summed E-state index contributed by atoms with van der Waals surface area (Å²) in [5.74, 6) is -0.0316. The van der Waals surface area contributed by atoms with Gasteiger partial charge in [0.15, 0.2) is 0 Å². The lowest BCUT2D eigenvalue weighted by molar-refractivity contribution is 0.0824. The van der Waals surface area contributed by atoms with Gasteiger partial charge in [-0.2, -0.15) is 0 Å². The molecule has 3 aromatic carbocycles. The number of aromatic nitrogens is 1. The summed E-state index contributed by atoms with van der Waals surface area (Å²) in [5.41, 5.74) is 3.89. The van der Waals surface area contributed by atoms with Crippen LogP contribution in [-0.2, 0) is 7.05 Å². The number of aryl methyl sites for hydroxylation is 1. The molecule has 0 aliphatic carbocycles. The Bertz CT molecular complexity index is 1380. The third kappa shape index (κ3) is 5.03. The minimum Gasteiger partial charge on any atom is -0.368 e. The topological polar surface area (TPSA) is 40.5 Å². The molecule has 4 aromatic rings. The molecule has 1 saturated heterocycles. The fourth-order valence-electron chi connectivity index (χ4n) is 5.17. The van der Waals surface area contributed by atoms with Crippen molar-refractivity contribution in [3.63, 3.8) is 0 Å². The van der Waals surface area contributed by atoms with Crippen LogP contribution in [0.4, 0.5) is 5.69 Å². The van der Waals surface area contributed by atoms with Crippen molar-refractivity contribution >= 4 is 69.0 Å². The molecule has 8 heteroatoms. The Morgan fingerprint density at radius 3 is 2.42 bits per heavy atom. The summed E-state index contributed by atoms with van der Waals surface area (Å²) in [4.78, 5) is 18.0. The standard InChI is InChI=1S/C28H30Cl2N4O.ClH/c1-3-7-26(34-16-14-33(15-17-34)24-11-6-9-22(29)27(24)30)31-28(35)19-12-13-21-20-8-4-5-10-23(20)32(2)25(21)18-19;/h4-6,8-13,18,26H,3,7,14-17H2,1-2H3,(H,31,35);1H.